The largest absolute Gasteiger partial charge is 0.208 e. The Morgan fingerprint density at radius 3 is 1.56 bits per heavy atom. The number of hydrogen-bond donors (Lipinski definition) is 0. The molecule has 0 N–H and O–H groups in total. The molecular weight excluding hydrogens is 494 g/mol. The number of hydrogen-bond acceptors (Lipinski definition) is 4. The number of benzene rings is 6. The molecule has 0 fully saturated rings. The second kappa shape index (κ2) is 8.83. The third-order valence-corrected chi connectivity index (χ3v) is 8.48. The van der Waals surface area contributed by atoms with Gasteiger partial charge in [-0.05, 0) is 45.8 Å². The smallest absolute Gasteiger partial charge is 0.164 e. The highest BCUT2D eigenvalue weighted by molar-refractivity contribution is 7.25. The van der Waals surface area contributed by atoms with Gasteiger partial charge >= 0.3 is 0 Å². The van der Waals surface area contributed by atoms with Crippen molar-refractivity contribution >= 4 is 53.1 Å². The first-order chi connectivity index (χ1) is 19.3. The van der Waals surface area contributed by atoms with Crippen LogP contribution in [0.1, 0.15) is 0 Å². The van der Waals surface area contributed by atoms with Gasteiger partial charge < -0.3 is 0 Å². The van der Waals surface area contributed by atoms with Crippen molar-refractivity contribution in [2.45, 2.75) is 0 Å². The predicted molar refractivity (Wildman–Crippen MR) is 164 cm³/mol. The van der Waals surface area contributed by atoms with E-state index in [1.807, 2.05) is 11.3 Å². The molecule has 0 spiro atoms. The van der Waals surface area contributed by atoms with Crippen LogP contribution in [0.15, 0.2) is 127 Å². The van der Waals surface area contributed by atoms with Crippen molar-refractivity contribution in [3.63, 3.8) is 0 Å². The van der Waals surface area contributed by atoms with Crippen LogP contribution in [0.2, 0.25) is 0 Å². The van der Waals surface area contributed by atoms with Gasteiger partial charge in [-0.15, -0.1) is 11.3 Å². The van der Waals surface area contributed by atoms with Crippen molar-refractivity contribution in [2.24, 2.45) is 0 Å². The van der Waals surface area contributed by atoms with Gasteiger partial charge in [0.05, 0.1) is 0 Å². The van der Waals surface area contributed by atoms with Crippen molar-refractivity contribution in [2.75, 3.05) is 0 Å². The zero-order chi connectivity index (χ0) is 25.8. The van der Waals surface area contributed by atoms with E-state index in [1.54, 1.807) is 0 Å². The summed E-state index contributed by atoms with van der Waals surface area (Å²) in [6.07, 6.45) is 0. The Balaban J connectivity index is 1.41. The number of nitrogens with zero attached hydrogens (tertiary/aromatic N) is 3. The highest BCUT2D eigenvalue weighted by atomic mass is 32.1. The van der Waals surface area contributed by atoms with Gasteiger partial charge in [0.1, 0.15) is 0 Å². The summed E-state index contributed by atoms with van der Waals surface area (Å²) < 4.78 is 2.55. The molecule has 2 aromatic heterocycles. The van der Waals surface area contributed by atoms with E-state index < -0.39 is 0 Å². The first-order valence-corrected chi connectivity index (χ1v) is 13.8. The van der Waals surface area contributed by atoms with Crippen LogP contribution in [0.4, 0.5) is 0 Å². The Morgan fingerprint density at radius 1 is 0.385 bits per heavy atom. The van der Waals surface area contributed by atoms with Crippen LogP contribution in [0.25, 0.3) is 75.9 Å². The second-order valence-corrected chi connectivity index (χ2v) is 10.8. The lowest BCUT2D eigenvalue weighted by Crippen LogP contribution is -2.01. The van der Waals surface area contributed by atoms with E-state index in [-0.39, 0.29) is 0 Å². The van der Waals surface area contributed by atoms with Gasteiger partial charge in [0.15, 0.2) is 17.5 Å². The second-order valence-electron chi connectivity index (χ2n) is 9.67. The van der Waals surface area contributed by atoms with Gasteiger partial charge in [-0.1, -0.05) is 103 Å². The van der Waals surface area contributed by atoms with Crippen LogP contribution in [0, 0.1) is 0 Å². The Kier molecular flexibility index (Phi) is 5.00. The third-order valence-electron chi connectivity index (χ3n) is 7.33. The van der Waals surface area contributed by atoms with Crippen molar-refractivity contribution in [3.05, 3.63) is 127 Å². The lowest BCUT2D eigenvalue weighted by atomic mass is 10.0. The van der Waals surface area contributed by atoms with Crippen molar-refractivity contribution < 1.29 is 0 Å². The Morgan fingerprint density at radius 2 is 0.897 bits per heavy atom. The summed E-state index contributed by atoms with van der Waals surface area (Å²) in [5.41, 5.74) is 2.98. The van der Waals surface area contributed by atoms with Crippen LogP contribution in [0.5, 0.6) is 0 Å². The zero-order valence-electron chi connectivity index (χ0n) is 20.9. The first-order valence-electron chi connectivity index (χ1n) is 13.0. The lowest BCUT2D eigenvalue weighted by Gasteiger charge is -2.11. The highest BCUT2D eigenvalue weighted by Gasteiger charge is 2.16. The minimum atomic E-state index is 0.674. The standard InChI is InChI=1S/C35H21N3S/c1-3-13-25-22(9-1)11-7-16-28(25)34-36-33(24-19-20-32-30(21-24)27-15-5-6-18-31(27)39-32)37-35(38-34)29-17-8-12-23-10-2-4-14-26(23)29/h1-21H. The summed E-state index contributed by atoms with van der Waals surface area (Å²) in [7, 11) is 0. The molecular formula is C35H21N3S. The van der Waals surface area contributed by atoms with Gasteiger partial charge in [0.2, 0.25) is 0 Å². The SMILES string of the molecule is c1ccc2c(-c3nc(-c4ccc5sc6ccccc6c5c4)nc(-c4cccc5ccccc45)n3)cccc2c1. The van der Waals surface area contributed by atoms with Crippen LogP contribution in [-0.2, 0) is 0 Å². The fourth-order valence-electron chi connectivity index (χ4n) is 5.45. The van der Waals surface area contributed by atoms with Gasteiger partial charge in [0.25, 0.3) is 0 Å². The average molecular weight is 516 g/mol. The summed E-state index contributed by atoms with van der Waals surface area (Å²) in [4.78, 5) is 15.2. The van der Waals surface area contributed by atoms with Gasteiger partial charge in [-0.3, -0.25) is 0 Å². The van der Waals surface area contributed by atoms with Crippen LogP contribution in [0.3, 0.4) is 0 Å². The third kappa shape index (κ3) is 3.69. The predicted octanol–water partition coefficient (Wildman–Crippen LogP) is 9.55. The monoisotopic (exact) mass is 515 g/mol. The van der Waals surface area contributed by atoms with Gasteiger partial charge in [-0.25, -0.2) is 15.0 Å². The van der Waals surface area contributed by atoms with Crippen LogP contribution >= 0.6 is 11.3 Å². The number of fused-ring (bicyclic) bond motifs is 5. The fraction of sp³-hybridized carbons (Fsp3) is 0. The summed E-state index contributed by atoms with van der Waals surface area (Å²) in [5, 5.41) is 7.06. The van der Waals surface area contributed by atoms with E-state index in [0.717, 1.165) is 38.2 Å². The van der Waals surface area contributed by atoms with E-state index in [2.05, 4.69) is 127 Å². The molecule has 0 aliphatic rings. The molecule has 0 aliphatic heterocycles. The maximum atomic E-state index is 5.08. The summed E-state index contributed by atoms with van der Waals surface area (Å²) in [6.45, 7) is 0. The fourth-order valence-corrected chi connectivity index (χ4v) is 6.54. The van der Waals surface area contributed by atoms with E-state index in [1.165, 1.54) is 20.2 Å². The molecule has 8 aromatic rings. The molecule has 182 valence electrons. The molecule has 0 saturated heterocycles. The number of aromatic nitrogens is 3. The molecule has 6 aromatic carbocycles. The summed E-state index contributed by atoms with van der Waals surface area (Å²) in [5.74, 6) is 2.03. The Labute approximate surface area is 229 Å². The molecule has 0 radical (unpaired) electrons. The Hall–Kier alpha value is -4.93. The molecule has 0 amide bonds. The minimum Gasteiger partial charge on any atom is -0.208 e. The molecule has 0 unspecified atom stereocenters. The molecule has 0 atom stereocenters. The zero-order valence-corrected chi connectivity index (χ0v) is 21.7. The first kappa shape index (κ1) is 22.1. The summed E-state index contributed by atoms with van der Waals surface area (Å²) in [6, 6.07) is 44.5. The normalized spacial score (nSPS) is 11.6. The number of rotatable bonds is 3. The summed E-state index contributed by atoms with van der Waals surface area (Å²) >= 11 is 1.82. The quantitative estimate of drug-likeness (QED) is 0.235. The Bertz CT molecular complexity index is 2090. The molecule has 0 saturated carbocycles. The van der Waals surface area contributed by atoms with Crippen molar-refractivity contribution in [1.82, 2.24) is 15.0 Å². The van der Waals surface area contributed by atoms with E-state index in [4.69, 9.17) is 15.0 Å². The maximum absolute atomic E-state index is 5.08. The van der Waals surface area contributed by atoms with E-state index in [9.17, 15) is 0 Å². The maximum Gasteiger partial charge on any atom is 0.164 e. The molecule has 39 heavy (non-hydrogen) atoms. The van der Waals surface area contributed by atoms with Crippen LogP contribution < -0.4 is 0 Å². The van der Waals surface area contributed by atoms with Crippen molar-refractivity contribution in [3.8, 4) is 34.2 Å². The van der Waals surface area contributed by atoms with Gasteiger partial charge in [-0.2, -0.15) is 0 Å². The van der Waals surface area contributed by atoms with Crippen molar-refractivity contribution in [1.29, 1.82) is 0 Å². The van der Waals surface area contributed by atoms with E-state index >= 15 is 0 Å². The molecule has 0 bridgehead atoms. The molecule has 0 aliphatic carbocycles. The molecule has 2 heterocycles. The van der Waals surface area contributed by atoms with Gasteiger partial charge in [0, 0.05) is 36.9 Å². The highest BCUT2D eigenvalue weighted by Crippen LogP contribution is 2.37. The minimum absolute atomic E-state index is 0.674. The van der Waals surface area contributed by atoms with E-state index in [0.29, 0.717) is 17.5 Å². The molecule has 8 rings (SSSR count). The average Bonchev–Trinajstić information content (AvgIpc) is 3.38. The van der Waals surface area contributed by atoms with Crippen LogP contribution in [-0.4, -0.2) is 15.0 Å². The topological polar surface area (TPSA) is 38.7 Å². The number of thiophene rings is 1. The molecule has 4 heteroatoms. The molecule has 3 nitrogen and oxygen atoms in total. The lowest BCUT2D eigenvalue weighted by molar-refractivity contribution is 1.08.